The zero-order chi connectivity index (χ0) is 13.0. The molecule has 0 aromatic carbocycles. The van der Waals surface area contributed by atoms with E-state index in [1.54, 1.807) is 0 Å². The summed E-state index contributed by atoms with van der Waals surface area (Å²) in [6, 6.07) is 0. The van der Waals surface area contributed by atoms with Crippen molar-refractivity contribution >= 4 is 0 Å². The Bertz CT molecular complexity index is 383. The average molecular weight is 260 g/mol. The highest BCUT2D eigenvalue weighted by Gasteiger charge is 2.21. The van der Waals surface area contributed by atoms with Gasteiger partial charge in [0.15, 0.2) is 0 Å². The Morgan fingerprint density at radius 2 is 2.28 bits per heavy atom. The van der Waals surface area contributed by atoms with Gasteiger partial charge in [0, 0.05) is 19.4 Å². The Kier molecular flexibility index (Phi) is 4.60. The molecule has 0 amide bonds. The topological polar surface area (TPSA) is 66.0 Å². The van der Waals surface area contributed by atoms with Gasteiger partial charge in [-0.25, -0.2) is 8.78 Å². The lowest BCUT2D eigenvalue weighted by Gasteiger charge is -2.22. The van der Waals surface area contributed by atoms with Crippen molar-refractivity contribution in [1.82, 2.24) is 14.8 Å². The number of fused-ring (bicyclic) bond motifs is 1. The SMILES string of the molecule is NCC1CCc2nnc(CCOCC(F)F)n2C1. The molecule has 2 N–H and O–H groups in total. The quantitative estimate of drug-likeness (QED) is 0.762. The first-order valence-corrected chi connectivity index (χ1v) is 6.17. The van der Waals surface area contributed by atoms with Crippen molar-refractivity contribution in [3.8, 4) is 0 Å². The molecule has 0 radical (unpaired) electrons. The molecule has 1 aliphatic rings. The third-order valence-electron chi connectivity index (χ3n) is 3.17. The smallest absolute Gasteiger partial charge is 0.261 e. The minimum Gasteiger partial charge on any atom is -0.375 e. The van der Waals surface area contributed by atoms with Crippen molar-refractivity contribution in [2.45, 2.75) is 32.2 Å². The fourth-order valence-electron chi connectivity index (χ4n) is 2.16. The number of hydrogen-bond acceptors (Lipinski definition) is 4. The standard InChI is InChI=1S/C11H18F2N4O/c12-9(13)7-18-4-3-11-16-15-10-2-1-8(5-14)6-17(10)11/h8-9H,1-7,14H2. The van der Waals surface area contributed by atoms with Gasteiger partial charge in [-0.2, -0.15) is 0 Å². The van der Waals surface area contributed by atoms with E-state index >= 15 is 0 Å². The minimum absolute atomic E-state index is 0.246. The van der Waals surface area contributed by atoms with E-state index in [1.165, 1.54) is 0 Å². The maximum atomic E-state index is 11.9. The lowest BCUT2D eigenvalue weighted by molar-refractivity contribution is 0.0180. The van der Waals surface area contributed by atoms with Crippen LogP contribution in [-0.4, -0.2) is 40.9 Å². The maximum absolute atomic E-state index is 11.9. The molecule has 0 spiro atoms. The zero-order valence-corrected chi connectivity index (χ0v) is 10.2. The highest BCUT2D eigenvalue weighted by atomic mass is 19.3. The molecule has 5 nitrogen and oxygen atoms in total. The monoisotopic (exact) mass is 260 g/mol. The first-order valence-electron chi connectivity index (χ1n) is 6.17. The molecule has 0 fully saturated rings. The molecule has 102 valence electrons. The van der Waals surface area contributed by atoms with Gasteiger partial charge >= 0.3 is 0 Å². The van der Waals surface area contributed by atoms with Gasteiger partial charge < -0.3 is 15.0 Å². The van der Waals surface area contributed by atoms with Crippen LogP contribution in [0.15, 0.2) is 0 Å². The van der Waals surface area contributed by atoms with E-state index in [2.05, 4.69) is 10.2 Å². The van der Waals surface area contributed by atoms with Crippen LogP contribution < -0.4 is 5.73 Å². The number of rotatable bonds is 6. The van der Waals surface area contributed by atoms with E-state index in [9.17, 15) is 8.78 Å². The van der Waals surface area contributed by atoms with Crippen LogP contribution in [0.1, 0.15) is 18.1 Å². The normalized spacial score (nSPS) is 19.2. The summed E-state index contributed by atoms with van der Waals surface area (Å²) in [6.07, 6.45) is 0.0132. The second-order valence-electron chi connectivity index (χ2n) is 4.50. The lowest BCUT2D eigenvalue weighted by atomic mass is 9.99. The summed E-state index contributed by atoms with van der Waals surface area (Å²) in [5.74, 6) is 2.22. The Hall–Kier alpha value is -1.08. The van der Waals surface area contributed by atoms with E-state index in [0.29, 0.717) is 18.9 Å². The molecule has 2 rings (SSSR count). The highest BCUT2D eigenvalue weighted by Crippen LogP contribution is 2.19. The van der Waals surface area contributed by atoms with Crippen molar-refractivity contribution < 1.29 is 13.5 Å². The van der Waals surface area contributed by atoms with Crippen LogP contribution in [0.2, 0.25) is 0 Å². The number of aromatic nitrogens is 3. The lowest BCUT2D eigenvalue weighted by Crippen LogP contribution is -2.27. The maximum Gasteiger partial charge on any atom is 0.261 e. The summed E-state index contributed by atoms with van der Waals surface area (Å²) in [5.41, 5.74) is 5.67. The van der Waals surface area contributed by atoms with Gasteiger partial charge in [-0.05, 0) is 18.9 Å². The third-order valence-corrected chi connectivity index (χ3v) is 3.17. The molecule has 0 bridgehead atoms. The second kappa shape index (κ2) is 6.19. The summed E-state index contributed by atoms with van der Waals surface area (Å²) in [5, 5.41) is 8.20. The van der Waals surface area contributed by atoms with E-state index in [1.807, 2.05) is 4.57 Å². The number of aryl methyl sites for hydroxylation is 1. The van der Waals surface area contributed by atoms with Crippen LogP contribution in [0, 0.1) is 5.92 Å². The van der Waals surface area contributed by atoms with Crippen LogP contribution in [0.5, 0.6) is 0 Å². The first kappa shape index (κ1) is 13.4. The van der Waals surface area contributed by atoms with Crippen molar-refractivity contribution in [3.63, 3.8) is 0 Å². The van der Waals surface area contributed by atoms with Crippen molar-refractivity contribution in [3.05, 3.63) is 11.6 Å². The number of hydrogen-bond donors (Lipinski definition) is 1. The molecule has 1 aromatic rings. The summed E-state index contributed by atoms with van der Waals surface area (Å²) >= 11 is 0. The largest absolute Gasteiger partial charge is 0.375 e. The van der Waals surface area contributed by atoms with Crippen LogP contribution >= 0.6 is 0 Å². The highest BCUT2D eigenvalue weighted by molar-refractivity contribution is 5.00. The van der Waals surface area contributed by atoms with E-state index in [-0.39, 0.29) is 6.61 Å². The molecule has 1 atom stereocenters. The number of nitrogens with zero attached hydrogens (tertiary/aromatic N) is 3. The van der Waals surface area contributed by atoms with Crippen LogP contribution in [0.4, 0.5) is 8.78 Å². The van der Waals surface area contributed by atoms with E-state index < -0.39 is 13.0 Å². The summed E-state index contributed by atoms with van der Waals surface area (Å²) in [7, 11) is 0. The van der Waals surface area contributed by atoms with Gasteiger partial charge in [-0.15, -0.1) is 10.2 Å². The van der Waals surface area contributed by atoms with Gasteiger partial charge in [-0.1, -0.05) is 0 Å². The van der Waals surface area contributed by atoms with Gasteiger partial charge in [0.2, 0.25) is 0 Å². The van der Waals surface area contributed by atoms with Gasteiger partial charge in [0.25, 0.3) is 6.43 Å². The van der Waals surface area contributed by atoms with Crippen LogP contribution in [0.25, 0.3) is 0 Å². The number of nitrogens with two attached hydrogens (primary N) is 1. The third kappa shape index (κ3) is 3.23. The predicted molar refractivity (Wildman–Crippen MR) is 61.4 cm³/mol. The molecule has 0 saturated heterocycles. The Morgan fingerprint density at radius 1 is 1.44 bits per heavy atom. The molecule has 2 heterocycles. The molecule has 0 saturated carbocycles. The zero-order valence-electron chi connectivity index (χ0n) is 10.2. The minimum atomic E-state index is -2.42. The summed E-state index contributed by atoms with van der Waals surface area (Å²) < 4.78 is 30.7. The van der Waals surface area contributed by atoms with Gasteiger partial charge in [-0.3, -0.25) is 0 Å². The molecule has 1 aliphatic heterocycles. The molecule has 0 aliphatic carbocycles. The van der Waals surface area contributed by atoms with Crippen molar-refractivity contribution in [2.24, 2.45) is 11.7 Å². The average Bonchev–Trinajstić information content (AvgIpc) is 2.76. The molecule has 18 heavy (non-hydrogen) atoms. The van der Waals surface area contributed by atoms with Crippen molar-refractivity contribution in [1.29, 1.82) is 0 Å². The fourth-order valence-corrected chi connectivity index (χ4v) is 2.16. The summed E-state index contributed by atoms with van der Waals surface area (Å²) in [6.45, 7) is 1.20. The van der Waals surface area contributed by atoms with E-state index in [4.69, 9.17) is 10.5 Å². The summed E-state index contributed by atoms with van der Waals surface area (Å²) in [4.78, 5) is 0. The first-order chi connectivity index (χ1) is 8.70. The molecule has 1 aromatic heterocycles. The fraction of sp³-hybridized carbons (Fsp3) is 0.818. The van der Waals surface area contributed by atoms with Crippen molar-refractivity contribution in [2.75, 3.05) is 19.8 Å². The molecular weight excluding hydrogens is 242 g/mol. The predicted octanol–water partition coefficient (Wildman–Crippen LogP) is 0.623. The Morgan fingerprint density at radius 3 is 3.00 bits per heavy atom. The number of halogens is 2. The molecular formula is C11H18F2N4O. The Balaban J connectivity index is 1.88. The van der Waals surface area contributed by atoms with Gasteiger partial charge in [0.1, 0.15) is 18.3 Å². The number of ether oxygens (including phenoxy) is 1. The number of alkyl halides is 2. The van der Waals surface area contributed by atoms with Crippen LogP contribution in [-0.2, 0) is 24.1 Å². The molecule has 7 heteroatoms. The molecule has 1 unspecified atom stereocenters. The Labute approximate surface area is 104 Å². The van der Waals surface area contributed by atoms with E-state index in [0.717, 1.165) is 31.0 Å². The van der Waals surface area contributed by atoms with Gasteiger partial charge in [0.05, 0.1) is 6.61 Å². The second-order valence-corrected chi connectivity index (χ2v) is 4.50. The van der Waals surface area contributed by atoms with Crippen LogP contribution in [0.3, 0.4) is 0 Å².